The highest BCUT2D eigenvalue weighted by Crippen LogP contribution is 2.21. The van der Waals surface area contributed by atoms with E-state index in [-0.39, 0.29) is 12.4 Å². The van der Waals surface area contributed by atoms with Crippen LogP contribution in [0.5, 0.6) is 0 Å². The molecule has 0 amide bonds. The zero-order chi connectivity index (χ0) is 11.5. The molecule has 0 spiro atoms. The smallest absolute Gasteiger partial charge is 0.128 e. The Labute approximate surface area is 93.9 Å². The van der Waals surface area contributed by atoms with E-state index in [0.717, 1.165) is 16.8 Å². The van der Waals surface area contributed by atoms with Crippen LogP contribution in [0.25, 0.3) is 11.1 Å². The van der Waals surface area contributed by atoms with Crippen LogP contribution in [0.3, 0.4) is 0 Å². The molecule has 2 rings (SSSR count). The molecule has 16 heavy (non-hydrogen) atoms. The first-order chi connectivity index (χ1) is 7.70. The van der Waals surface area contributed by atoms with Gasteiger partial charge < -0.3 is 5.73 Å². The van der Waals surface area contributed by atoms with E-state index in [1.165, 1.54) is 6.07 Å². The van der Waals surface area contributed by atoms with E-state index in [1.54, 1.807) is 12.3 Å². The molecule has 2 aromatic rings. The van der Waals surface area contributed by atoms with Gasteiger partial charge in [-0.1, -0.05) is 18.2 Å². The molecule has 0 aliphatic heterocycles. The number of pyridine rings is 1. The second-order valence-corrected chi connectivity index (χ2v) is 3.70. The van der Waals surface area contributed by atoms with E-state index in [1.807, 2.05) is 25.1 Å². The van der Waals surface area contributed by atoms with Gasteiger partial charge in [0, 0.05) is 29.6 Å². The van der Waals surface area contributed by atoms with Crippen molar-refractivity contribution in [1.29, 1.82) is 0 Å². The van der Waals surface area contributed by atoms with Gasteiger partial charge >= 0.3 is 0 Å². The second kappa shape index (κ2) is 4.41. The maximum atomic E-state index is 13.5. The van der Waals surface area contributed by atoms with E-state index >= 15 is 0 Å². The van der Waals surface area contributed by atoms with Crippen molar-refractivity contribution in [3.63, 3.8) is 0 Å². The van der Waals surface area contributed by atoms with Gasteiger partial charge in [0.05, 0.1) is 0 Å². The highest BCUT2D eigenvalue weighted by atomic mass is 19.1. The lowest BCUT2D eigenvalue weighted by Gasteiger charge is -2.04. The molecule has 0 aliphatic carbocycles. The van der Waals surface area contributed by atoms with Crippen LogP contribution in [0.15, 0.2) is 36.5 Å². The van der Waals surface area contributed by atoms with Crippen LogP contribution in [0.4, 0.5) is 4.39 Å². The maximum absolute atomic E-state index is 13.5. The zero-order valence-electron chi connectivity index (χ0n) is 9.07. The van der Waals surface area contributed by atoms with Crippen molar-refractivity contribution in [1.82, 2.24) is 4.98 Å². The summed E-state index contributed by atoms with van der Waals surface area (Å²) in [6, 6.07) is 8.90. The number of nitrogens with two attached hydrogens (primary N) is 1. The zero-order valence-corrected chi connectivity index (χ0v) is 9.07. The van der Waals surface area contributed by atoms with Gasteiger partial charge in [0.15, 0.2) is 0 Å². The predicted molar refractivity (Wildman–Crippen MR) is 62.3 cm³/mol. The first kappa shape index (κ1) is 10.8. The molecule has 1 aromatic heterocycles. The molecule has 2 N–H and O–H groups in total. The summed E-state index contributed by atoms with van der Waals surface area (Å²) >= 11 is 0. The molecule has 0 aliphatic rings. The Bertz CT molecular complexity index is 492. The third-order valence-electron chi connectivity index (χ3n) is 2.52. The Morgan fingerprint density at radius 1 is 1.19 bits per heavy atom. The molecule has 1 heterocycles. The van der Waals surface area contributed by atoms with Gasteiger partial charge in [-0.3, -0.25) is 4.98 Å². The van der Waals surface area contributed by atoms with Crippen molar-refractivity contribution in [2.75, 3.05) is 0 Å². The van der Waals surface area contributed by atoms with E-state index in [0.29, 0.717) is 5.56 Å². The number of hydrogen-bond donors (Lipinski definition) is 1. The van der Waals surface area contributed by atoms with Gasteiger partial charge in [0.1, 0.15) is 5.82 Å². The number of halogens is 1. The first-order valence-electron chi connectivity index (χ1n) is 5.12. The third-order valence-corrected chi connectivity index (χ3v) is 2.52. The molecule has 0 saturated carbocycles. The average Bonchev–Trinajstić information content (AvgIpc) is 2.30. The summed E-state index contributed by atoms with van der Waals surface area (Å²) in [4.78, 5) is 4.18. The van der Waals surface area contributed by atoms with Crippen LogP contribution in [-0.4, -0.2) is 4.98 Å². The Kier molecular flexibility index (Phi) is 2.97. The highest BCUT2D eigenvalue weighted by molar-refractivity contribution is 5.62. The minimum absolute atomic E-state index is 0.220. The summed E-state index contributed by atoms with van der Waals surface area (Å²) in [7, 11) is 0. The van der Waals surface area contributed by atoms with Crippen LogP contribution >= 0.6 is 0 Å². The van der Waals surface area contributed by atoms with Crippen LogP contribution in [0.2, 0.25) is 0 Å². The van der Waals surface area contributed by atoms with Crippen molar-refractivity contribution in [2.45, 2.75) is 13.5 Å². The monoisotopic (exact) mass is 216 g/mol. The Morgan fingerprint density at radius 2 is 1.94 bits per heavy atom. The lowest BCUT2D eigenvalue weighted by molar-refractivity contribution is 0.611. The number of aromatic nitrogens is 1. The summed E-state index contributed by atoms with van der Waals surface area (Å²) in [5.41, 5.74) is 8.62. The quantitative estimate of drug-likeness (QED) is 0.838. The molecule has 1 aromatic carbocycles. The van der Waals surface area contributed by atoms with Gasteiger partial charge in [-0.2, -0.15) is 0 Å². The molecule has 0 unspecified atom stereocenters. The number of aryl methyl sites for hydroxylation is 1. The number of benzene rings is 1. The lowest BCUT2D eigenvalue weighted by atomic mass is 10.0. The fourth-order valence-corrected chi connectivity index (χ4v) is 1.53. The van der Waals surface area contributed by atoms with Crippen molar-refractivity contribution in [2.24, 2.45) is 5.73 Å². The molecule has 0 atom stereocenters. The van der Waals surface area contributed by atoms with Crippen LogP contribution in [0, 0.1) is 12.7 Å². The third kappa shape index (κ3) is 2.09. The predicted octanol–water partition coefficient (Wildman–Crippen LogP) is 2.65. The SMILES string of the molecule is Cc1ccc(-c2ccc(CN)c(F)c2)cn1. The van der Waals surface area contributed by atoms with Crippen LogP contribution < -0.4 is 5.73 Å². The number of nitrogens with zero attached hydrogens (tertiary/aromatic N) is 1. The average molecular weight is 216 g/mol. The van der Waals surface area contributed by atoms with E-state index in [9.17, 15) is 4.39 Å². The number of rotatable bonds is 2. The summed E-state index contributed by atoms with van der Waals surface area (Å²) in [6.07, 6.45) is 1.74. The standard InChI is InChI=1S/C13H13FN2/c1-9-2-3-12(8-16-9)10-4-5-11(7-15)13(14)6-10/h2-6,8H,7,15H2,1H3. The molecule has 0 bridgehead atoms. The lowest BCUT2D eigenvalue weighted by Crippen LogP contribution is -1.99. The summed E-state index contributed by atoms with van der Waals surface area (Å²) in [6.45, 7) is 2.14. The van der Waals surface area contributed by atoms with E-state index in [4.69, 9.17) is 5.73 Å². The van der Waals surface area contributed by atoms with Gasteiger partial charge in [-0.05, 0) is 24.6 Å². The van der Waals surface area contributed by atoms with Gasteiger partial charge in [-0.15, -0.1) is 0 Å². The fraction of sp³-hybridized carbons (Fsp3) is 0.154. The first-order valence-corrected chi connectivity index (χ1v) is 5.12. The Hall–Kier alpha value is -1.74. The molecule has 0 saturated heterocycles. The molecule has 2 nitrogen and oxygen atoms in total. The van der Waals surface area contributed by atoms with Crippen molar-refractivity contribution in [3.8, 4) is 11.1 Å². The van der Waals surface area contributed by atoms with Crippen LogP contribution in [0.1, 0.15) is 11.3 Å². The molecule has 0 radical (unpaired) electrons. The second-order valence-electron chi connectivity index (χ2n) is 3.70. The molecule has 82 valence electrons. The van der Waals surface area contributed by atoms with E-state index in [2.05, 4.69) is 4.98 Å². The fourth-order valence-electron chi connectivity index (χ4n) is 1.53. The van der Waals surface area contributed by atoms with Gasteiger partial charge in [-0.25, -0.2) is 4.39 Å². The van der Waals surface area contributed by atoms with Crippen LogP contribution in [-0.2, 0) is 6.54 Å². The minimum Gasteiger partial charge on any atom is -0.326 e. The van der Waals surface area contributed by atoms with Gasteiger partial charge in [0.25, 0.3) is 0 Å². The van der Waals surface area contributed by atoms with Crippen molar-refractivity contribution >= 4 is 0 Å². The maximum Gasteiger partial charge on any atom is 0.128 e. The van der Waals surface area contributed by atoms with Crippen molar-refractivity contribution < 1.29 is 4.39 Å². The van der Waals surface area contributed by atoms with Crippen molar-refractivity contribution in [3.05, 3.63) is 53.6 Å². The summed E-state index contributed by atoms with van der Waals surface area (Å²) < 4.78 is 13.5. The normalized spacial score (nSPS) is 10.4. The van der Waals surface area contributed by atoms with E-state index < -0.39 is 0 Å². The molecule has 0 fully saturated rings. The Morgan fingerprint density at radius 3 is 2.50 bits per heavy atom. The Balaban J connectivity index is 2.41. The molecular formula is C13H13FN2. The minimum atomic E-state index is -0.263. The largest absolute Gasteiger partial charge is 0.326 e. The topological polar surface area (TPSA) is 38.9 Å². The summed E-state index contributed by atoms with van der Waals surface area (Å²) in [5.74, 6) is -0.263. The number of hydrogen-bond acceptors (Lipinski definition) is 2. The molecule has 3 heteroatoms. The van der Waals surface area contributed by atoms with Gasteiger partial charge in [0.2, 0.25) is 0 Å². The highest BCUT2D eigenvalue weighted by Gasteiger charge is 2.03. The summed E-state index contributed by atoms with van der Waals surface area (Å²) in [5, 5.41) is 0. The molecular weight excluding hydrogens is 203 g/mol.